The number of carbonyl (C=O) groups is 3. The van der Waals surface area contributed by atoms with Crippen molar-refractivity contribution in [3.8, 4) is 0 Å². The minimum atomic E-state index is -1.61. The molecule has 0 aromatic rings. The van der Waals surface area contributed by atoms with Gasteiger partial charge in [0.1, 0.15) is 12.0 Å². The number of alkyl halides is 2. The van der Waals surface area contributed by atoms with Gasteiger partial charge in [0.2, 0.25) is 0 Å². The Hall–Kier alpha value is -0.280. The van der Waals surface area contributed by atoms with E-state index in [1.165, 1.54) is 16.7 Å². The van der Waals surface area contributed by atoms with Crippen LogP contribution in [0.4, 0.5) is 0 Å². The summed E-state index contributed by atoms with van der Waals surface area (Å²) in [6, 6.07) is 0. The van der Waals surface area contributed by atoms with Crippen molar-refractivity contribution in [3.63, 3.8) is 0 Å². The smallest absolute Gasteiger partial charge is 0.334 e. The summed E-state index contributed by atoms with van der Waals surface area (Å²) < 4.78 is 3.49. The number of aliphatic carboxylic acids is 1. The number of nitrogens with zero attached hydrogens (tertiary/aromatic N) is 1. The number of thioether (sulfide) groups is 1. The second kappa shape index (κ2) is 5.36. The molecule has 9 heteroatoms. The van der Waals surface area contributed by atoms with Gasteiger partial charge >= 0.3 is 11.9 Å². The SMILES string of the molecule is CC(C)(C)C(=O)OC[C@@]1(C(=O)O)N2C(=O)C(Br)(Br)[C@H]2SC1(C)C. The second-order valence-corrected chi connectivity index (χ2v) is 12.5. The molecule has 1 N–H and O–H groups in total. The fourth-order valence-electron chi connectivity index (χ4n) is 2.69. The molecule has 2 aliphatic rings. The molecule has 0 aromatic carbocycles. The van der Waals surface area contributed by atoms with Gasteiger partial charge in [-0.05, 0) is 34.6 Å². The summed E-state index contributed by atoms with van der Waals surface area (Å²) in [5, 5.41) is 9.50. The Labute approximate surface area is 155 Å². The Kier molecular flexibility index (Phi) is 4.44. The summed E-state index contributed by atoms with van der Waals surface area (Å²) in [5.74, 6) is -2.06. The quantitative estimate of drug-likeness (QED) is 0.386. The van der Waals surface area contributed by atoms with Gasteiger partial charge in [-0.25, -0.2) is 4.79 Å². The number of carbonyl (C=O) groups excluding carboxylic acids is 2. The van der Waals surface area contributed by atoms with E-state index in [4.69, 9.17) is 4.74 Å². The van der Waals surface area contributed by atoms with Crippen LogP contribution in [0.25, 0.3) is 0 Å². The van der Waals surface area contributed by atoms with E-state index >= 15 is 0 Å². The third-order valence-corrected chi connectivity index (χ3v) is 8.11. The Morgan fingerprint density at radius 1 is 1.35 bits per heavy atom. The van der Waals surface area contributed by atoms with E-state index < -0.39 is 36.2 Å². The lowest BCUT2D eigenvalue weighted by Gasteiger charge is -2.51. The van der Waals surface area contributed by atoms with E-state index in [2.05, 4.69) is 31.9 Å². The highest BCUT2D eigenvalue weighted by molar-refractivity contribution is 9.26. The van der Waals surface area contributed by atoms with Gasteiger partial charge in [0, 0.05) is 0 Å². The van der Waals surface area contributed by atoms with Gasteiger partial charge < -0.3 is 14.7 Å². The summed E-state index contributed by atoms with van der Waals surface area (Å²) in [6.07, 6.45) is 0. The normalized spacial score (nSPS) is 31.3. The van der Waals surface area contributed by atoms with Gasteiger partial charge in [-0.2, -0.15) is 0 Å². The molecule has 0 aromatic heterocycles. The Bertz CT molecular complexity index is 586. The Morgan fingerprint density at radius 2 is 1.87 bits per heavy atom. The van der Waals surface area contributed by atoms with Crippen LogP contribution < -0.4 is 0 Å². The van der Waals surface area contributed by atoms with Crippen LogP contribution in [0.15, 0.2) is 0 Å². The van der Waals surface area contributed by atoms with Crippen LogP contribution in [0, 0.1) is 5.41 Å². The third kappa shape index (κ3) is 2.54. The number of hydrogen-bond acceptors (Lipinski definition) is 5. The minimum absolute atomic E-state index is 0.378. The van der Waals surface area contributed by atoms with E-state index in [0.29, 0.717) is 0 Å². The predicted molar refractivity (Wildman–Crippen MR) is 93.7 cm³/mol. The molecule has 0 aliphatic carbocycles. The molecule has 2 fully saturated rings. The standard InChI is InChI=1S/C14H19Br2NO5S/c1-11(2,3)10(21)22-6-13(9(19)20)12(4,5)23-8-14(15,16)7(18)17(8)13/h8H,6H2,1-5H3,(H,19,20)/t8-,13+/m1/s1. The van der Waals surface area contributed by atoms with E-state index in [1.54, 1.807) is 34.6 Å². The number of esters is 1. The van der Waals surface area contributed by atoms with Crippen LogP contribution in [0.5, 0.6) is 0 Å². The molecule has 0 spiro atoms. The molecule has 0 saturated carbocycles. The number of ether oxygens (including phenoxy) is 1. The van der Waals surface area contributed by atoms with Gasteiger partial charge in [0.05, 0.1) is 10.2 Å². The number of amides is 1. The fourth-order valence-corrected chi connectivity index (χ4v) is 5.67. The molecule has 2 saturated heterocycles. The first-order valence-electron chi connectivity index (χ1n) is 6.99. The molecule has 6 nitrogen and oxygen atoms in total. The van der Waals surface area contributed by atoms with E-state index in [0.717, 1.165) is 0 Å². The molecule has 1 amide bonds. The highest BCUT2D eigenvalue weighted by Gasteiger charge is 2.77. The number of carboxylic acid groups (broad SMARTS) is 1. The molecule has 2 rings (SSSR count). The largest absolute Gasteiger partial charge is 0.479 e. The number of halogens is 2. The second-order valence-electron chi connectivity index (χ2n) is 7.27. The van der Waals surface area contributed by atoms with E-state index in [9.17, 15) is 19.5 Å². The maximum Gasteiger partial charge on any atom is 0.334 e. The number of hydrogen-bond donors (Lipinski definition) is 1. The molecule has 23 heavy (non-hydrogen) atoms. The zero-order chi connectivity index (χ0) is 18.0. The van der Waals surface area contributed by atoms with Crippen molar-refractivity contribution in [3.05, 3.63) is 0 Å². The first-order valence-corrected chi connectivity index (χ1v) is 9.46. The maximum absolute atomic E-state index is 12.4. The van der Waals surface area contributed by atoms with Crippen molar-refractivity contribution >= 4 is 61.5 Å². The zero-order valence-corrected chi connectivity index (χ0v) is 17.5. The average Bonchev–Trinajstić information content (AvgIpc) is 2.62. The summed E-state index contributed by atoms with van der Waals surface area (Å²) in [4.78, 5) is 37.9. The molecule has 0 bridgehead atoms. The first-order chi connectivity index (χ1) is 10.2. The molecule has 130 valence electrons. The minimum Gasteiger partial charge on any atom is -0.479 e. The molecule has 0 radical (unpaired) electrons. The number of carboxylic acids is 1. The summed E-state index contributed by atoms with van der Waals surface area (Å²) in [6.45, 7) is 8.19. The van der Waals surface area contributed by atoms with Crippen LogP contribution in [0.2, 0.25) is 0 Å². The third-order valence-electron chi connectivity index (χ3n) is 4.24. The Morgan fingerprint density at radius 3 is 2.30 bits per heavy atom. The lowest BCUT2D eigenvalue weighted by Crippen LogP contribution is -2.75. The monoisotopic (exact) mass is 471 g/mol. The van der Waals surface area contributed by atoms with Crippen molar-refractivity contribution in [2.24, 2.45) is 5.41 Å². The molecular weight excluding hydrogens is 454 g/mol. The van der Waals surface area contributed by atoms with Gasteiger partial charge in [-0.3, -0.25) is 9.59 Å². The van der Waals surface area contributed by atoms with Gasteiger partial charge in [0.15, 0.2) is 8.77 Å². The fraction of sp³-hybridized carbons (Fsp3) is 0.786. The van der Waals surface area contributed by atoms with Crippen LogP contribution in [-0.4, -0.2) is 53.4 Å². The molecule has 2 aliphatic heterocycles. The lowest BCUT2D eigenvalue weighted by molar-refractivity contribution is -0.179. The number of rotatable bonds is 3. The van der Waals surface area contributed by atoms with Gasteiger partial charge in [-0.1, -0.05) is 31.9 Å². The van der Waals surface area contributed by atoms with Gasteiger partial charge in [-0.15, -0.1) is 11.8 Å². The average molecular weight is 473 g/mol. The van der Waals surface area contributed by atoms with Crippen molar-refractivity contribution in [1.82, 2.24) is 4.90 Å². The molecular formula is C14H19Br2NO5S. The molecule has 2 heterocycles. The van der Waals surface area contributed by atoms with E-state index in [1.807, 2.05) is 0 Å². The first kappa shape index (κ1) is 19.1. The topological polar surface area (TPSA) is 83.9 Å². The zero-order valence-electron chi connectivity index (χ0n) is 13.5. The van der Waals surface area contributed by atoms with Gasteiger partial charge in [0.25, 0.3) is 5.91 Å². The summed E-state index contributed by atoms with van der Waals surface area (Å²) in [5.41, 5.74) is -2.35. The van der Waals surface area contributed by atoms with E-state index in [-0.39, 0.29) is 12.5 Å². The number of β-lactam (4-membered cyclic amide) rings is 1. The van der Waals surface area contributed by atoms with Crippen LogP contribution >= 0.6 is 43.6 Å². The molecule has 0 unspecified atom stereocenters. The highest BCUT2D eigenvalue weighted by atomic mass is 79.9. The van der Waals surface area contributed by atoms with Crippen molar-refractivity contribution in [2.45, 2.75) is 53.5 Å². The Balaban J connectivity index is 2.38. The van der Waals surface area contributed by atoms with Crippen LogP contribution in [0.1, 0.15) is 34.6 Å². The van der Waals surface area contributed by atoms with Crippen LogP contribution in [0.3, 0.4) is 0 Å². The van der Waals surface area contributed by atoms with Crippen LogP contribution in [-0.2, 0) is 19.1 Å². The maximum atomic E-state index is 12.4. The van der Waals surface area contributed by atoms with Crippen molar-refractivity contribution in [1.29, 1.82) is 0 Å². The number of fused-ring (bicyclic) bond motifs is 1. The van der Waals surface area contributed by atoms with Crippen molar-refractivity contribution in [2.75, 3.05) is 6.61 Å². The summed E-state index contributed by atoms with van der Waals surface area (Å²) in [7, 11) is 0. The highest BCUT2D eigenvalue weighted by Crippen LogP contribution is 2.64. The molecule has 2 atom stereocenters. The predicted octanol–water partition coefficient (Wildman–Crippen LogP) is 2.58. The lowest BCUT2D eigenvalue weighted by atomic mass is 9.82. The van der Waals surface area contributed by atoms with Crippen molar-refractivity contribution < 1.29 is 24.2 Å². The summed E-state index contributed by atoms with van der Waals surface area (Å²) >= 11 is 7.97.